The van der Waals surface area contributed by atoms with Crippen LogP contribution in [0, 0.1) is 6.92 Å². The van der Waals surface area contributed by atoms with E-state index in [1.165, 1.54) is 16.9 Å². The van der Waals surface area contributed by atoms with E-state index < -0.39 is 0 Å². The Kier molecular flexibility index (Phi) is 4.41. The lowest BCUT2D eigenvalue weighted by Crippen LogP contribution is -2.00. The zero-order valence-corrected chi connectivity index (χ0v) is 14.0. The fourth-order valence-corrected chi connectivity index (χ4v) is 3.38. The average molecular weight is 325 g/mol. The number of nitrogens with zero attached hydrogens (tertiary/aromatic N) is 1. The number of rotatable bonds is 4. The number of carbonyl (C=O) groups is 1. The van der Waals surface area contributed by atoms with Gasteiger partial charge in [0.25, 0.3) is 0 Å². The van der Waals surface area contributed by atoms with Gasteiger partial charge in [-0.1, -0.05) is 29.8 Å². The third-order valence-electron chi connectivity index (χ3n) is 3.45. The smallest absolute Gasteiger partial charge is 0.205 e. The maximum Gasteiger partial charge on any atom is 0.205 e. The molecule has 0 N–H and O–H groups in total. The Hall–Kier alpha value is -1.91. The number of aromatic nitrogens is 1. The Morgan fingerprint density at radius 1 is 1.05 bits per heavy atom. The molecule has 0 bridgehead atoms. The van der Waals surface area contributed by atoms with Gasteiger partial charge < -0.3 is 0 Å². The molecule has 0 fully saturated rings. The third kappa shape index (κ3) is 2.98. The van der Waals surface area contributed by atoms with Crippen LogP contribution in [0.1, 0.15) is 20.8 Å². The molecule has 0 spiro atoms. The highest BCUT2D eigenvalue weighted by Gasteiger charge is 2.17. The Bertz CT molecular complexity index is 789. The number of thioether (sulfide) groups is 1. The molecule has 0 aliphatic heterocycles. The second-order valence-electron chi connectivity index (χ2n) is 4.95. The molecule has 110 valence electrons. The van der Waals surface area contributed by atoms with Gasteiger partial charge in [0.15, 0.2) is 0 Å². The molecular formula is C18H15NOS2. The first-order valence-corrected chi connectivity index (χ1v) is 8.99. The molecule has 0 saturated heterocycles. The first-order chi connectivity index (χ1) is 10.7. The van der Waals surface area contributed by atoms with Gasteiger partial charge in [0.2, 0.25) is 5.78 Å². The van der Waals surface area contributed by atoms with Crippen LogP contribution in [0.25, 0.3) is 11.3 Å². The second-order valence-corrected chi connectivity index (χ2v) is 6.69. The molecule has 0 aliphatic carbocycles. The van der Waals surface area contributed by atoms with E-state index in [2.05, 4.69) is 4.98 Å². The van der Waals surface area contributed by atoms with E-state index in [1.807, 2.05) is 61.7 Å². The summed E-state index contributed by atoms with van der Waals surface area (Å²) < 4.78 is 0. The van der Waals surface area contributed by atoms with Crippen LogP contribution in [-0.2, 0) is 0 Å². The maximum atomic E-state index is 12.7. The van der Waals surface area contributed by atoms with Crippen molar-refractivity contribution in [1.29, 1.82) is 0 Å². The van der Waals surface area contributed by atoms with Crippen molar-refractivity contribution in [3.05, 3.63) is 70.0 Å². The lowest BCUT2D eigenvalue weighted by molar-refractivity contribution is 0.104. The summed E-state index contributed by atoms with van der Waals surface area (Å²) in [5.41, 5.74) is 5.38. The summed E-state index contributed by atoms with van der Waals surface area (Å²) in [6.07, 6.45) is 2.02. The highest BCUT2D eigenvalue weighted by molar-refractivity contribution is 7.98. The van der Waals surface area contributed by atoms with Crippen molar-refractivity contribution >= 4 is 28.9 Å². The van der Waals surface area contributed by atoms with Gasteiger partial charge in [-0.2, -0.15) is 0 Å². The van der Waals surface area contributed by atoms with Crippen LogP contribution in [0.15, 0.2) is 58.9 Å². The molecule has 0 unspecified atom stereocenters. The molecule has 1 aromatic heterocycles. The second kappa shape index (κ2) is 6.46. The summed E-state index contributed by atoms with van der Waals surface area (Å²) in [6.45, 7) is 2.05. The standard InChI is InChI=1S/C18H15NOS2/c1-12-3-5-13(6-4-12)16-18(22-11-19-16)17(20)14-7-9-15(21-2)10-8-14/h3-11H,1-2H3. The molecule has 2 aromatic carbocycles. The van der Waals surface area contributed by atoms with Crippen LogP contribution in [0.2, 0.25) is 0 Å². The number of hydrogen-bond acceptors (Lipinski definition) is 4. The van der Waals surface area contributed by atoms with Gasteiger partial charge in [-0.15, -0.1) is 23.1 Å². The van der Waals surface area contributed by atoms with Crippen molar-refractivity contribution in [3.8, 4) is 11.3 Å². The van der Waals surface area contributed by atoms with Gasteiger partial charge in [0.1, 0.15) is 4.88 Å². The molecule has 0 atom stereocenters. The minimum absolute atomic E-state index is 0.0331. The minimum atomic E-state index is 0.0331. The SMILES string of the molecule is CSc1ccc(C(=O)c2scnc2-c2ccc(C)cc2)cc1. The first-order valence-electron chi connectivity index (χ1n) is 6.88. The van der Waals surface area contributed by atoms with Crippen LogP contribution in [0.4, 0.5) is 0 Å². The van der Waals surface area contributed by atoms with Gasteiger partial charge in [0, 0.05) is 16.0 Å². The van der Waals surface area contributed by atoms with Crippen LogP contribution in [-0.4, -0.2) is 17.0 Å². The van der Waals surface area contributed by atoms with E-state index >= 15 is 0 Å². The highest BCUT2D eigenvalue weighted by Crippen LogP contribution is 2.28. The van der Waals surface area contributed by atoms with Crippen molar-refractivity contribution in [2.24, 2.45) is 0 Å². The van der Waals surface area contributed by atoms with Crippen LogP contribution < -0.4 is 0 Å². The number of hydrogen-bond donors (Lipinski definition) is 0. The topological polar surface area (TPSA) is 30.0 Å². The van der Waals surface area contributed by atoms with Crippen molar-refractivity contribution in [2.75, 3.05) is 6.26 Å². The van der Waals surface area contributed by atoms with Crippen molar-refractivity contribution in [2.45, 2.75) is 11.8 Å². The zero-order chi connectivity index (χ0) is 15.5. The molecule has 0 saturated carbocycles. The lowest BCUT2D eigenvalue weighted by atomic mass is 10.0. The monoisotopic (exact) mass is 325 g/mol. The molecular weight excluding hydrogens is 310 g/mol. The Morgan fingerprint density at radius 3 is 2.36 bits per heavy atom. The van der Waals surface area contributed by atoms with Crippen LogP contribution in [0.5, 0.6) is 0 Å². The minimum Gasteiger partial charge on any atom is -0.288 e. The number of thiazole rings is 1. The van der Waals surface area contributed by atoms with Crippen LogP contribution >= 0.6 is 23.1 Å². The summed E-state index contributed by atoms with van der Waals surface area (Å²) in [4.78, 5) is 19.0. The van der Waals surface area contributed by atoms with Gasteiger partial charge in [-0.05, 0) is 37.4 Å². The summed E-state index contributed by atoms with van der Waals surface area (Å²) in [6, 6.07) is 15.8. The Morgan fingerprint density at radius 2 is 1.73 bits per heavy atom. The molecule has 4 heteroatoms. The van der Waals surface area contributed by atoms with Gasteiger partial charge in [0.05, 0.1) is 11.2 Å². The summed E-state index contributed by atoms with van der Waals surface area (Å²) >= 11 is 3.06. The van der Waals surface area contributed by atoms with Crippen molar-refractivity contribution in [3.63, 3.8) is 0 Å². The molecule has 0 aliphatic rings. The molecule has 0 radical (unpaired) electrons. The molecule has 3 rings (SSSR count). The summed E-state index contributed by atoms with van der Waals surface area (Å²) in [5, 5.41) is 0. The van der Waals surface area contributed by atoms with E-state index in [9.17, 15) is 4.79 Å². The van der Waals surface area contributed by atoms with Gasteiger partial charge >= 0.3 is 0 Å². The van der Waals surface area contributed by atoms with E-state index in [-0.39, 0.29) is 5.78 Å². The highest BCUT2D eigenvalue weighted by atomic mass is 32.2. The fraction of sp³-hybridized carbons (Fsp3) is 0.111. The Labute approximate surface area is 138 Å². The number of aryl methyl sites for hydroxylation is 1. The number of carbonyl (C=O) groups excluding carboxylic acids is 1. The average Bonchev–Trinajstić information content (AvgIpc) is 3.04. The summed E-state index contributed by atoms with van der Waals surface area (Å²) in [7, 11) is 0. The predicted octanol–water partition coefficient (Wildman–Crippen LogP) is 5.07. The lowest BCUT2D eigenvalue weighted by Gasteiger charge is -2.04. The molecule has 0 amide bonds. The maximum absolute atomic E-state index is 12.7. The summed E-state index contributed by atoms with van der Waals surface area (Å²) in [5.74, 6) is 0.0331. The molecule has 2 nitrogen and oxygen atoms in total. The van der Waals surface area contributed by atoms with Gasteiger partial charge in [-0.25, -0.2) is 4.98 Å². The number of benzene rings is 2. The fourth-order valence-electron chi connectivity index (χ4n) is 2.20. The normalized spacial score (nSPS) is 10.6. The van der Waals surface area contributed by atoms with Crippen molar-refractivity contribution in [1.82, 2.24) is 4.98 Å². The predicted molar refractivity (Wildman–Crippen MR) is 93.9 cm³/mol. The first kappa shape index (κ1) is 15.0. The van der Waals surface area contributed by atoms with Crippen molar-refractivity contribution < 1.29 is 4.79 Å². The number of ketones is 1. The van der Waals surface area contributed by atoms with E-state index in [0.29, 0.717) is 10.4 Å². The molecule has 22 heavy (non-hydrogen) atoms. The third-order valence-corrected chi connectivity index (χ3v) is 5.02. The quantitative estimate of drug-likeness (QED) is 0.495. The van der Waals surface area contributed by atoms with E-state index in [0.717, 1.165) is 16.2 Å². The van der Waals surface area contributed by atoms with Gasteiger partial charge in [-0.3, -0.25) is 4.79 Å². The van der Waals surface area contributed by atoms with Crippen LogP contribution in [0.3, 0.4) is 0 Å². The van der Waals surface area contributed by atoms with E-state index in [1.54, 1.807) is 17.3 Å². The zero-order valence-electron chi connectivity index (χ0n) is 12.4. The molecule has 1 heterocycles. The Balaban J connectivity index is 1.96. The largest absolute Gasteiger partial charge is 0.288 e. The van der Waals surface area contributed by atoms with E-state index in [4.69, 9.17) is 0 Å². The molecule has 3 aromatic rings.